The highest BCUT2D eigenvalue weighted by atomic mass is 32.1. The van der Waals surface area contributed by atoms with Gasteiger partial charge in [0, 0.05) is 29.1 Å². The number of carbonyl (C=O) groups is 3. The van der Waals surface area contributed by atoms with Crippen LogP contribution in [0.1, 0.15) is 44.3 Å². The van der Waals surface area contributed by atoms with Crippen molar-refractivity contribution in [2.75, 3.05) is 6.61 Å². The second-order valence-corrected chi connectivity index (χ2v) is 7.39. The molecule has 0 aliphatic carbocycles. The molecule has 5 nitrogen and oxygen atoms in total. The van der Waals surface area contributed by atoms with Gasteiger partial charge in [-0.15, -0.1) is 11.3 Å². The van der Waals surface area contributed by atoms with E-state index in [1.54, 1.807) is 18.2 Å². The minimum atomic E-state index is -0.546. The molecule has 3 aromatic rings. The van der Waals surface area contributed by atoms with Crippen LogP contribution in [0, 0.1) is 13.8 Å². The Labute approximate surface area is 167 Å². The molecule has 0 N–H and O–H groups in total. The lowest BCUT2D eigenvalue weighted by atomic mass is 10.1. The van der Waals surface area contributed by atoms with E-state index >= 15 is 0 Å². The van der Waals surface area contributed by atoms with Crippen molar-refractivity contribution >= 4 is 28.9 Å². The summed E-state index contributed by atoms with van der Waals surface area (Å²) in [6.45, 7) is 3.47. The van der Waals surface area contributed by atoms with Crippen LogP contribution in [0.2, 0.25) is 0 Å². The number of hydrogen-bond donors (Lipinski definition) is 0. The molecule has 2 aromatic heterocycles. The molecule has 28 heavy (non-hydrogen) atoms. The van der Waals surface area contributed by atoms with Gasteiger partial charge in [-0.1, -0.05) is 24.3 Å². The molecular weight excluding hydrogens is 374 g/mol. The third kappa shape index (κ3) is 4.46. The first-order valence-corrected chi connectivity index (χ1v) is 9.85. The van der Waals surface area contributed by atoms with Crippen LogP contribution in [-0.4, -0.2) is 28.7 Å². The Kier molecular flexibility index (Phi) is 6.21. The maximum Gasteiger partial charge on any atom is 0.306 e. The van der Waals surface area contributed by atoms with Crippen molar-refractivity contribution in [3.8, 4) is 5.69 Å². The van der Waals surface area contributed by atoms with E-state index in [1.807, 2.05) is 54.1 Å². The van der Waals surface area contributed by atoms with Crippen LogP contribution in [-0.2, 0) is 9.53 Å². The van der Waals surface area contributed by atoms with Gasteiger partial charge in [-0.3, -0.25) is 14.4 Å². The number of hydrogen-bond acceptors (Lipinski definition) is 5. The van der Waals surface area contributed by atoms with Crippen molar-refractivity contribution in [1.82, 2.24) is 4.57 Å². The number of ether oxygens (including phenoxy) is 1. The van der Waals surface area contributed by atoms with E-state index < -0.39 is 5.97 Å². The van der Waals surface area contributed by atoms with Gasteiger partial charge >= 0.3 is 5.97 Å². The van der Waals surface area contributed by atoms with Gasteiger partial charge in [0.1, 0.15) is 0 Å². The lowest BCUT2D eigenvalue weighted by Gasteiger charge is -2.09. The van der Waals surface area contributed by atoms with E-state index in [4.69, 9.17) is 4.74 Å². The molecule has 3 rings (SSSR count). The van der Waals surface area contributed by atoms with E-state index in [1.165, 1.54) is 11.3 Å². The standard InChI is InChI=1S/C22H21NO4S/c1-15-13-18(16(2)23(15)17-7-4-3-5-8-17)20(25)14-27-22(26)11-10-19(24)21-9-6-12-28-21/h3-9,12-13H,10-11,14H2,1-2H3. The van der Waals surface area contributed by atoms with Gasteiger partial charge in [0.25, 0.3) is 0 Å². The van der Waals surface area contributed by atoms with Crippen LogP contribution in [0.15, 0.2) is 53.9 Å². The Balaban J connectivity index is 1.58. The monoisotopic (exact) mass is 395 g/mol. The summed E-state index contributed by atoms with van der Waals surface area (Å²) in [5.74, 6) is -0.895. The fourth-order valence-corrected chi connectivity index (χ4v) is 3.79. The van der Waals surface area contributed by atoms with Gasteiger partial charge in [0.15, 0.2) is 12.4 Å². The van der Waals surface area contributed by atoms with Crippen LogP contribution in [0.4, 0.5) is 0 Å². The molecule has 0 saturated carbocycles. The molecule has 0 aliphatic heterocycles. The molecule has 1 aromatic carbocycles. The highest BCUT2D eigenvalue weighted by Crippen LogP contribution is 2.21. The summed E-state index contributed by atoms with van der Waals surface area (Å²) in [6.07, 6.45) is 0.0447. The minimum Gasteiger partial charge on any atom is -0.457 e. The summed E-state index contributed by atoms with van der Waals surface area (Å²) in [6, 6.07) is 15.1. The smallest absolute Gasteiger partial charge is 0.306 e. The normalized spacial score (nSPS) is 10.6. The molecule has 0 bridgehead atoms. The van der Waals surface area contributed by atoms with Crippen molar-refractivity contribution in [3.05, 3.63) is 75.7 Å². The number of para-hydroxylation sites is 1. The number of thiophene rings is 1. The lowest BCUT2D eigenvalue weighted by molar-refractivity contribution is -0.142. The summed E-state index contributed by atoms with van der Waals surface area (Å²) in [5.41, 5.74) is 3.24. The zero-order valence-electron chi connectivity index (χ0n) is 15.8. The van der Waals surface area contributed by atoms with Crippen molar-refractivity contribution in [2.24, 2.45) is 0 Å². The van der Waals surface area contributed by atoms with E-state index in [2.05, 4.69) is 0 Å². The number of Topliss-reactive ketones (excluding diaryl/α,β-unsaturated/α-hetero) is 2. The molecule has 6 heteroatoms. The molecule has 2 heterocycles. The number of aryl methyl sites for hydroxylation is 1. The molecule has 0 aliphatic rings. The van der Waals surface area contributed by atoms with E-state index in [9.17, 15) is 14.4 Å². The first-order chi connectivity index (χ1) is 13.5. The van der Waals surface area contributed by atoms with Crippen LogP contribution in [0.25, 0.3) is 5.69 Å². The fourth-order valence-electron chi connectivity index (χ4n) is 3.09. The van der Waals surface area contributed by atoms with Gasteiger partial charge in [0.05, 0.1) is 11.3 Å². The molecule has 0 fully saturated rings. The molecule has 0 atom stereocenters. The molecule has 0 spiro atoms. The third-order valence-electron chi connectivity index (χ3n) is 4.46. The highest BCUT2D eigenvalue weighted by Gasteiger charge is 2.18. The Morgan fingerprint density at radius 3 is 2.39 bits per heavy atom. The average molecular weight is 395 g/mol. The van der Waals surface area contributed by atoms with Crippen LogP contribution >= 0.6 is 11.3 Å². The second-order valence-electron chi connectivity index (χ2n) is 6.44. The lowest BCUT2D eigenvalue weighted by Crippen LogP contribution is -2.15. The molecule has 0 radical (unpaired) electrons. The van der Waals surface area contributed by atoms with Crippen molar-refractivity contribution in [3.63, 3.8) is 0 Å². The molecular formula is C22H21NO4S. The van der Waals surface area contributed by atoms with Crippen molar-refractivity contribution < 1.29 is 19.1 Å². The van der Waals surface area contributed by atoms with Crippen molar-refractivity contribution in [1.29, 1.82) is 0 Å². The quantitative estimate of drug-likeness (QED) is 0.415. The maximum atomic E-state index is 12.5. The minimum absolute atomic E-state index is 0.0347. The molecule has 0 unspecified atom stereocenters. The zero-order valence-corrected chi connectivity index (χ0v) is 16.6. The van der Waals surface area contributed by atoms with Gasteiger partial charge < -0.3 is 9.30 Å². The fraction of sp³-hybridized carbons (Fsp3) is 0.227. The van der Waals surface area contributed by atoms with Crippen LogP contribution < -0.4 is 0 Å². The Morgan fingerprint density at radius 2 is 1.71 bits per heavy atom. The van der Waals surface area contributed by atoms with Gasteiger partial charge in [-0.25, -0.2) is 0 Å². The van der Waals surface area contributed by atoms with Crippen LogP contribution in [0.5, 0.6) is 0 Å². The summed E-state index contributed by atoms with van der Waals surface area (Å²) in [5, 5.41) is 1.82. The van der Waals surface area contributed by atoms with E-state index in [-0.39, 0.29) is 31.0 Å². The first kappa shape index (κ1) is 19.8. The third-order valence-corrected chi connectivity index (χ3v) is 5.37. The SMILES string of the molecule is Cc1cc(C(=O)COC(=O)CCC(=O)c2cccs2)c(C)n1-c1ccccc1. The predicted octanol–water partition coefficient (Wildman–Crippen LogP) is 4.54. The van der Waals surface area contributed by atoms with E-state index in [0.29, 0.717) is 10.4 Å². The second kappa shape index (κ2) is 8.80. The summed E-state index contributed by atoms with van der Waals surface area (Å²) >= 11 is 1.34. The molecule has 0 amide bonds. The number of rotatable bonds is 8. The van der Waals surface area contributed by atoms with Gasteiger partial charge in [0.2, 0.25) is 5.78 Å². The topological polar surface area (TPSA) is 65.4 Å². The predicted molar refractivity (Wildman–Crippen MR) is 108 cm³/mol. The largest absolute Gasteiger partial charge is 0.457 e. The zero-order chi connectivity index (χ0) is 20.1. The number of ketones is 2. The molecule has 144 valence electrons. The Bertz CT molecular complexity index is 987. The number of aromatic nitrogens is 1. The molecule has 0 saturated heterocycles. The van der Waals surface area contributed by atoms with Crippen LogP contribution in [0.3, 0.4) is 0 Å². The number of carbonyl (C=O) groups excluding carboxylic acids is 3. The number of nitrogens with zero attached hydrogens (tertiary/aromatic N) is 1. The van der Waals surface area contributed by atoms with Gasteiger partial charge in [-0.2, -0.15) is 0 Å². The average Bonchev–Trinajstić information content (AvgIpc) is 3.33. The van der Waals surface area contributed by atoms with E-state index in [0.717, 1.165) is 17.1 Å². The number of benzene rings is 1. The summed E-state index contributed by atoms with van der Waals surface area (Å²) in [7, 11) is 0. The Morgan fingerprint density at radius 1 is 0.964 bits per heavy atom. The maximum absolute atomic E-state index is 12.5. The highest BCUT2D eigenvalue weighted by molar-refractivity contribution is 7.12. The van der Waals surface area contributed by atoms with Crippen molar-refractivity contribution in [2.45, 2.75) is 26.7 Å². The first-order valence-electron chi connectivity index (χ1n) is 8.97. The summed E-state index contributed by atoms with van der Waals surface area (Å²) < 4.78 is 7.08. The number of esters is 1. The van der Waals surface area contributed by atoms with Gasteiger partial charge in [-0.05, 0) is 43.5 Å². The summed E-state index contributed by atoms with van der Waals surface area (Å²) in [4.78, 5) is 37.0. The Hall–Kier alpha value is -2.99.